The van der Waals surface area contributed by atoms with Crippen molar-refractivity contribution < 1.29 is 9.53 Å². The number of hydrogen-bond donors (Lipinski definition) is 1. The van der Waals surface area contributed by atoms with E-state index in [2.05, 4.69) is 46.3 Å². The molecule has 0 spiro atoms. The van der Waals surface area contributed by atoms with E-state index in [0.29, 0.717) is 18.4 Å². The third kappa shape index (κ3) is 7.13. The molecule has 0 saturated carbocycles. The first-order chi connectivity index (χ1) is 14.7. The summed E-state index contributed by atoms with van der Waals surface area (Å²) in [7, 11) is 1.69. The number of carbonyl (C=O) groups is 1. The number of methoxy groups -OCH3 is 1. The molecule has 166 valence electrons. The Kier molecular flexibility index (Phi) is 9.22. The van der Waals surface area contributed by atoms with Crippen molar-refractivity contribution in [2.75, 3.05) is 46.4 Å². The largest absolute Gasteiger partial charge is 0.497 e. The molecule has 1 amide bonds. The summed E-state index contributed by atoms with van der Waals surface area (Å²) in [5.41, 5.74) is 1.20. The molecular formula is C25H39N3O2. The zero-order valence-electron chi connectivity index (χ0n) is 18.8. The fourth-order valence-electron chi connectivity index (χ4n) is 4.71. The van der Waals surface area contributed by atoms with Gasteiger partial charge in [0.15, 0.2) is 0 Å². The van der Waals surface area contributed by atoms with E-state index >= 15 is 0 Å². The van der Waals surface area contributed by atoms with Gasteiger partial charge in [-0.3, -0.25) is 14.6 Å². The number of amides is 1. The van der Waals surface area contributed by atoms with Gasteiger partial charge in [-0.1, -0.05) is 31.2 Å². The van der Waals surface area contributed by atoms with Crippen LogP contribution in [0.25, 0.3) is 6.08 Å². The molecule has 2 heterocycles. The fraction of sp³-hybridized carbons (Fsp3) is 0.640. The van der Waals surface area contributed by atoms with Crippen LogP contribution >= 0.6 is 0 Å². The van der Waals surface area contributed by atoms with Gasteiger partial charge in [-0.2, -0.15) is 0 Å². The molecule has 2 aliphatic heterocycles. The number of nitrogens with zero attached hydrogens (tertiary/aromatic N) is 2. The van der Waals surface area contributed by atoms with Gasteiger partial charge >= 0.3 is 0 Å². The maximum Gasteiger partial charge on any atom is 0.220 e. The lowest BCUT2D eigenvalue weighted by Crippen LogP contribution is -2.40. The molecule has 2 aliphatic rings. The predicted octanol–water partition coefficient (Wildman–Crippen LogP) is 3.80. The van der Waals surface area contributed by atoms with Crippen LogP contribution in [0, 0.1) is 5.92 Å². The number of piperidine rings is 1. The average molecular weight is 414 g/mol. The van der Waals surface area contributed by atoms with Crippen LogP contribution < -0.4 is 10.1 Å². The van der Waals surface area contributed by atoms with Gasteiger partial charge in [0.1, 0.15) is 5.75 Å². The third-order valence-electron chi connectivity index (χ3n) is 6.72. The second-order valence-corrected chi connectivity index (χ2v) is 8.69. The van der Waals surface area contributed by atoms with Crippen LogP contribution in [0.2, 0.25) is 0 Å². The normalized spacial score (nSPS) is 21.3. The van der Waals surface area contributed by atoms with Crippen molar-refractivity contribution in [2.24, 2.45) is 5.92 Å². The predicted molar refractivity (Wildman–Crippen MR) is 124 cm³/mol. The lowest BCUT2D eigenvalue weighted by molar-refractivity contribution is -0.121. The molecule has 5 heteroatoms. The van der Waals surface area contributed by atoms with Gasteiger partial charge in [0.2, 0.25) is 5.91 Å². The zero-order valence-corrected chi connectivity index (χ0v) is 18.8. The minimum atomic E-state index is 0.239. The van der Waals surface area contributed by atoms with E-state index < -0.39 is 0 Å². The Morgan fingerprint density at radius 1 is 1.17 bits per heavy atom. The molecule has 2 saturated heterocycles. The summed E-state index contributed by atoms with van der Waals surface area (Å²) in [5, 5.41) is 3.18. The van der Waals surface area contributed by atoms with Crippen LogP contribution in [-0.2, 0) is 4.79 Å². The highest BCUT2D eigenvalue weighted by molar-refractivity contribution is 5.75. The molecule has 1 atom stereocenters. The second-order valence-electron chi connectivity index (χ2n) is 8.69. The van der Waals surface area contributed by atoms with E-state index in [0.717, 1.165) is 44.9 Å². The number of benzene rings is 1. The molecule has 2 fully saturated rings. The SMILES string of the molecule is CCN1CCC[C@H]1CNC(=O)CCC1CCN(C/C=C/c2ccc(OC)cc2)CC1. The van der Waals surface area contributed by atoms with Crippen molar-refractivity contribution in [3.8, 4) is 5.75 Å². The summed E-state index contributed by atoms with van der Waals surface area (Å²) >= 11 is 0. The first-order valence-corrected chi connectivity index (χ1v) is 11.7. The first-order valence-electron chi connectivity index (χ1n) is 11.7. The first kappa shape index (κ1) is 22.8. The van der Waals surface area contributed by atoms with E-state index in [4.69, 9.17) is 4.74 Å². The van der Waals surface area contributed by atoms with Crippen molar-refractivity contribution >= 4 is 12.0 Å². The highest BCUT2D eigenvalue weighted by Crippen LogP contribution is 2.22. The number of likely N-dealkylation sites (tertiary alicyclic amines) is 2. The molecule has 0 bridgehead atoms. The van der Waals surface area contributed by atoms with E-state index in [1.165, 1.54) is 37.8 Å². The van der Waals surface area contributed by atoms with Gasteiger partial charge < -0.3 is 10.1 Å². The van der Waals surface area contributed by atoms with E-state index in [1.54, 1.807) is 7.11 Å². The summed E-state index contributed by atoms with van der Waals surface area (Å²) in [4.78, 5) is 17.3. The molecule has 0 unspecified atom stereocenters. The van der Waals surface area contributed by atoms with Crippen LogP contribution in [0.1, 0.15) is 51.0 Å². The molecule has 30 heavy (non-hydrogen) atoms. The second kappa shape index (κ2) is 12.1. The molecule has 5 nitrogen and oxygen atoms in total. The van der Waals surface area contributed by atoms with Crippen LogP contribution in [0.3, 0.4) is 0 Å². The number of rotatable bonds is 10. The molecule has 0 radical (unpaired) electrons. The summed E-state index contributed by atoms with van der Waals surface area (Å²) in [6.45, 7) is 8.57. The molecule has 1 aromatic carbocycles. The molecule has 0 aromatic heterocycles. The van der Waals surface area contributed by atoms with Crippen LogP contribution in [0.5, 0.6) is 5.75 Å². The minimum Gasteiger partial charge on any atom is -0.497 e. The van der Waals surface area contributed by atoms with E-state index in [-0.39, 0.29) is 5.91 Å². The number of hydrogen-bond acceptors (Lipinski definition) is 4. The molecular weight excluding hydrogens is 374 g/mol. The Hall–Kier alpha value is -1.85. The van der Waals surface area contributed by atoms with Crippen molar-refractivity contribution in [2.45, 2.75) is 51.5 Å². The molecule has 0 aliphatic carbocycles. The smallest absolute Gasteiger partial charge is 0.220 e. The monoisotopic (exact) mass is 413 g/mol. The Morgan fingerprint density at radius 3 is 2.63 bits per heavy atom. The Morgan fingerprint density at radius 2 is 1.93 bits per heavy atom. The molecule has 1 aromatic rings. The average Bonchev–Trinajstić information content (AvgIpc) is 3.25. The topological polar surface area (TPSA) is 44.8 Å². The maximum absolute atomic E-state index is 12.3. The lowest BCUT2D eigenvalue weighted by Gasteiger charge is -2.31. The Bertz CT molecular complexity index is 665. The minimum absolute atomic E-state index is 0.239. The molecule has 3 rings (SSSR count). The summed E-state index contributed by atoms with van der Waals surface area (Å²) in [6.07, 6.45) is 11.0. The van der Waals surface area contributed by atoms with E-state index in [1.807, 2.05) is 12.1 Å². The summed E-state index contributed by atoms with van der Waals surface area (Å²) in [5.74, 6) is 1.82. The zero-order chi connectivity index (χ0) is 21.2. The number of likely N-dealkylation sites (N-methyl/N-ethyl adjacent to an activating group) is 1. The van der Waals surface area contributed by atoms with Crippen molar-refractivity contribution in [3.05, 3.63) is 35.9 Å². The third-order valence-corrected chi connectivity index (χ3v) is 6.72. The van der Waals surface area contributed by atoms with E-state index in [9.17, 15) is 4.79 Å². The number of nitrogens with one attached hydrogen (secondary N) is 1. The van der Waals surface area contributed by atoms with Crippen molar-refractivity contribution in [1.82, 2.24) is 15.1 Å². The fourth-order valence-corrected chi connectivity index (χ4v) is 4.71. The number of carbonyl (C=O) groups excluding carboxylic acids is 1. The van der Waals surface area contributed by atoms with Gasteiger partial charge in [0.05, 0.1) is 7.11 Å². The van der Waals surface area contributed by atoms with Crippen molar-refractivity contribution in [1.29, 1.82) is 0 Å². The Balaban J connectivity index is 1.27. The highest BCUT2D eigenvalue weighted by Gasteiger charge is 2.23. The van der Waals surface area contributed by atoms with Crippen molar-refractivity contribution in [3.63, 3.8) is 0 Å². The van der Waals surface area contributed by atoms with Gasteiger partial charge in [0.25, 0.3) is 0 Å². The van der Waals surface area contributed by atoms with Gasteiger partial charge in [-0.05, 0) is 81.9 Å². The maximum atomic E-state index is 12.3. The standard InChI is InChI=1S/C25H39N3O2/c1-3-28-17-5-7-23(28)20-26-25(29)13-10-22-14-18-27(19-15-22)16-4-6-21-8-11-24(30-2)12-9-21/h4,6,8-9,11-12,22-23H,3,5,7,10,13-20H2,1-2H3,(H,26,29)/b6-4+/t23-/m0/s1. The van der Waals surface area contributed by atoms with Crippen LogP contribution in [-0.4, -0.2) is 68.1 Å². The number of ether oxygens (including phenoxy) is 1. The lowest BCUT2D eigenvalue weighted by atomic mass is 9.92. The quantitative estimate of drug-likeness (QED) is 0.634. The molecule has 1 N–H and O–H groups in total. The summed E-state index contributed by atoms with van der Waals surface area (Å²) < 4.78 is 5.20. The van der Waals surface area contributed by atoms with Crippen LogP contribution in [0.15, 0.2) is 30.3 Å². The summed E-state index contributed by atoms with van der Waals surface area (Å²) in [6, 6.07) is 8.70. The van der Waals surface area contributed by atoms with Gasteiger partial charge in [0, 0.05) is 25.6 Å². The van der Waals surface area contributed by atoms with Gasteiger partial charge in [-0.15, -0.1) is 0 Å². The Labute approximate surface area is 182 Å². The van der Waals surface area contributed by atoms with Crippen LogP contribution in [0.4, 0.5) is 0 Å². The highest BCUT2D eigenvalue weighted by atomic mass is 16.5. The van der Waals surface area contributed by atoms with Gasteiger partial charge in [-0.25, -0.2) is 0 Å².